The largest absolute Gasteiger partial charge is 0.466 e. The molecule has 0 saturated carbocycles. The number of ether oxygens (including phenoxy) is 1. The summed E-state index contributed by atoms with van der Waals surface area (Å²) in [6, 6.07) is 7.73. The maximum Gasteiger partial charge on any atom is 0.308 e. The molecule has 0 aliphatic heterocycles. The van der Waals surface area contributed by atoms with Crippen LogP contribution in [0, 0.1) is 0 Å². The summed E-state index contributed by atoms with van der Waals surface area (Å²) in [5.74, 6) is -0.368. The number of likely N-dealkylation sites (N-methyl/N-ethyl adjacent to an activating group) is 1. The third-order valence-corrected chi connectivity index (χ3v) is 3.47. The lowest BCUT2D eigenvalue weighted by Gasteiger charge is -2.27. The molecule has 20 heavy (non-hydrogen) atoms. The number of aliphatic hydroxyl groups is 1. The van der Waals surface area contributed by atoms with Crippen molar-refractivity contribution in [3.63, 3.8) is 0 Å². The van der Waals surface area contributed by atoms with Gasteiger partial charge in [0.1, 0.15) is 0 Å². The minimum atomic E-state index is -0.728. The SMILES string of the molecule is CCOC(=O)CC(O)CN(C)C(C)c1ccc(Cl)cc1. The van der Waals surface area contributed by atoms with E-state index in [0.717, 1.165) is 5.56 Å². The van der Waals surface area contributed by atoms with Gasteiger partial charge in [0.05, 0.1) is 19.1 Å². The van der Waals surface area contributed by atoms with E-state index in [2.05, 4.69) is 0 Å². The van der Waals surface area contributed by atoms with Crippen molar-refractivity contribution in [2.75, 3.05) is 20.2 Å². The molecule has 0 fully saturated rings. The molecule has 0 bridgehead atoms. The van der Waals surface area contributed by atoms with Crippen molar-refractivity contribution in [1.82, 2.24) is 4.90 Å². The highest BCUT2D eigenvalue weighted by Gasteiger charge is 2.18. The molecule has 5 heteroatoms. The van der Waals surface area contributed by atoms with Gasteiger partial charge in [-0.05, 0) is 38.6 Å². The third kappa shape index (κ3) is 5.49. The zero-order valence-corrected chi connectivity index (χ0v) is 12.9. The van der Waals surface area contributed by atoms with E-state index in [1.54, 1.807) is 6.92 Å². The Bertz CT molecular complexity index is 422. The van der Waals surface area contributed by atoms with Crippen molar-refractivity contribution in [3.8, 4) is 0 Å². The smallest absolute Gasteiger partial charge is 0.308 e. The summed E-state index contributed by atoms with van der Waals surface area (Å²) in [4.78, 5) is 13.3. The molecule has 0 aliphatic carbocycles. The molecule has 1 aromatic carbocycles. The van der Waals surface area contributed by atoms with Gasteiger partial charge in [-0.1, -0.05) is 23.7 Å². The van der Waals surface area contributed by atoms with E-state index in [1.807, 2.05) is 43.1 Å². The summed E-state index contributed by atoms with van der Waals surface area (Å²) in [6.07, 6.45) is -0.709. The first-order valence-corrected chi connectivity index (χ1v) is 7.11. The minimum absolute atomic E-state index is 0.0194. The van der Waals surface area contributed by atoms with Crippen LogP contribution in [0.3, 0.4) is 0 Å². The van der Waals surface area contributed by atoms with Crippen molar-refractivity contribution in [2.24, 2.45) is 0 Å². The summed E-state index contributed by atoms with van der Waals surface area (Å²) >= 11 is 5.86. The first-order chi connectivity index (χ1) is 9.43. The molecule has 1 rings (SSSR count). The predicted molar refractivity (Wildman–Crippen MR) is 79.8 cm³/mol. The molecule has 0 aliphatic rings. The summed E-state index contributed by atoms with van der Waals surface area (Å²) in [7, 11) is 1.91. The summed E-state index contributed by atoms with van der Waals surface area (Å²) < 4.78 is 4.82. The average Bonchev–Trinajstić information content (AvgIpc) is 2.38. The molecule has 1 aromatic rings. The standard InChI is InChI=1S/C15H22ClNO3/c1-4-20-15(19)9-14(18)10-17(3)11(2)12-5-7-13(16)8-6-12/h5-8,11,14,18H,4,9-10H2,1-3H3. The lowest BCUT2D eigenvalue weighted by molar-refractivity contribution is -0.145. The molecule has 0 amide bonds. The maximum atomic E-state index is 11.3. The van der Waals surface area contributed by atoms with Crippen LogP contribution < -0.4 is 0 Å². The lowest BCUT2D eigenvalue weighted by atomic mass is 10.1. The van der Waals surface area contributed by atoms with Gasteiger partial charge in [0, 0.05) is 17.6 Å². The van der Waals surface area contributed by atoms with E-state index in [4.69, 9.17) is 16.3 Å². The van der Waals surface area contributed by atoms with Gasteiger partial charge in [0.2, 0.25) is 0 Å². The number of nitrogens with zero attached hydrogens (tertiary/aromatic N) is 1. The van der Waals surface area contributed by atoms with Crippen molar-refractivity contribution < 1.29 is 14.6 Å². The zero-order chi connectivity index (χ0) is 15.1. The second-order valence-electron chi connectivity index (χ2n) is 4.83. The number of carbonyl (C=O) groups is 1. The third-order valence-electron chi connectivity index (χ3n) is 3.22. The van der Waals surface area contributed by atoms with Crippen molar-refractivity contribution in [3.05, 3.63) is 34.9 Å². The van der Waals surface area contributed by atoms with Crippen LogP contribution in [0.2, 0.25) is 5.02 Å². The molecular weight excluding hydrogens is 278 g/mol. The molecule has 2 unspecified atom stereocenters. The highest BCUT2D eigenvalue weighted by molar-refractivity contribution is 6.30. The monoisotopic (exact) mass is 299 g/mol. The summed E-state index contributed by atoms with van der Waals surface area (Å²) in [5, 5.41) is 10.6. The highest BCUT2D eigenvalue weighted by Crippen LogP contribution is 2.21. The maximum absolute atomic E-state index is 11.3. The quantitative estimate of drug-likeness (QED) is 0.786. The zero-order valence-electron chi connectivity index (χ0n) is 12.2. The average molecular weight is 300 g/mol. The van der Waals surface area contributed by atoms with Gasteiger partial charge in [-0.25, -0.2) is 0 Å². The topological polar surface area (TPSA) is 49.8 Å². The molecule has 0 aromatic heterocycles. The van der Waals surface area contributed by atoms with E-state index in [9.17, 15) is 9.90 Å². The van der Waals surface area contributed by atoms with Crippen molar-refractivity contribution in [2.45, 2.75) is 32.4 Å². The number of esters is 1. The van der Waals surface area contributed by atoms with Crippen LogP contribution in [0.15, 0.2) is 24.3 Å². The van der Waals surface area contributed by atoms with Gasteiger partial charge < -0.3 is 9.84 Å². The van der Waals surface area contributed by atoms with Crippen LogP contribution >= 0.6 is 11.6 Å². The van der Waals surface area contributed by atoms with Crippen LogP contribution in [0.1, 0.15) is 31.9 Å². The molecule has 0 heterocycles. The Morgan fingerprint density at radius 3 is 2.55 bits per heavy atom. The number of hydrogen-bond acceptors (Lipinski definition) is 4. The first-order valence-electron chi connectivity index (χ1n) is 6.73. The van der Waals surface area contributed by atoms with Crippen LogP contribution in [-0.2, 0) is 9.53 Å². The van der Waals surface area contributed by atoms with Gasteiger partial charge in [-0.15, -0.1) is 0 Å². The van der Waals surface area contributed by atoms with E-state index in [-0.39, 0.29) is 18.4 Å². The fourth-order valence-corrected chi connectivity index (χ4v) is 2.09. The molecule has 1 N–H and O–H groups in total. The van der Waals surface area contributed by atoms with Crippen molar-refractivity contribution in [1.29, 1.82) is 0 Å². The Kier molecular flexibility index (Phi) is 6.99. The number of aliphatic hydroxyl groups excluding tert-OH is 1. The molecule has 0 saturated heterocycles. The van der Waals surface area contributed by atoms with Crippen LogP contribution in [0.5, 0.6) is 0 Å². The van der Waals surface area contributed by atoms with E-state index < -0.39 is 6.10 Å². The number of rotatable bonds is 7. The van der Waals surface area contributed by atoms with Crippen LogP contribution in [-0.4, -0.2) is 42.3 Å². The molecule has 0 spiro atoms. The van der Waals surface area contributed by atoms with Crippen LogP contribution in [0.25, 0.3) is 0 Å². The number of carbonyl (C=O) groups excluding carboxylic acids is 1. The van der Waals surface area contributed by atoms with Crippen molar-refractivity contribution >= 4 is 17.6 Å². The first kappa shape index (κ1) is 17.0. The molecule has 0 radical (unpaired) electrons. The number of benzene rings is 1. The van der Waals surface area contributed by atoms with Gasteiger partial charge >= 0.3 is 5.97 Å². The van der Waals surface area contributed by atoms with E-state index in [1.165, 1.54) is 0 Å². The Morgan fingerprint density at radius 2 is 2.00 bits per heavy atom. The van der Waals surface area contributed by atoms with Gasteiger partial charge in [0.25, 0.3) is 0 Å². The fourth-order valence-electron chi connectivity index (χ4n) is 1.96. The minimum Gasteiger partial charge on any atom is -0.466 e. The number of halogens is 1. The molecular formula is C15H22ClNO3. The highest BCUT2D eigenvalue weighted by atomic mass is 35.5. The van der Waals surface area contributed by atoms with Gasteiger partial charge in [0.15, 0.2) is 0 Å². The van der Waals surface area contributed by atoms with Gasteiger partial charge in [-0.2, -0.15) is 0 Å². The van der Waals surface area contributed by atoms with E-state index >= 15 is 0 Å². The normalized spacial score (nSPS) is 14.1. The van der Waals surface area contributed by atoms with E-state index in [0.29, 0.717) is 18.2 Å². The van der Waals surface area contributed by atoms with Crippen LogP contribution in [0.4, 0.5) is 0 Å². The Hall–Kier alpha value is -1.10. The molecule has 112 valence electrons. The summed E-state index contributed by atoms with van der Waals surface area (Å²) in [5.41, 5.74) is 1.11. The Balaban J connectivity index is 2.50. The molecule has 4 nitrogen and oxygen atoms in total. The predicted octanol–water partition coefficient (Wildman–Crippen LogP) is 2.65. The second kappa shape index (κ2) is 8.25. The lowest BCUT2D eigenvalue weighted by Crippen LogP contribution is -2.33. The number of hydrogen-bond donors (Lipinski definition) is 1. The van der Waals surface area contributed by atoms with Gasteiger partial charge in [-0.3, -0.25) is 9.69 Å². The Morgan fingerprint density at radius 1 is 1.40 bits per heavy atom. The molecule has 2 atom stereocenters. The summed E-state index contributed by atoms with van der Waals surface area (Å²) in [6.45, 7) is 4.53. The fraction of sp³-hybridized carbons (Fsp3) is 0.533. The second-order valence-corrected chi connectivity index (χ2v) is 5.27. The Labute approximate surface area is 125 Å².